The van der Waals surface area contributed by atoms with Gasteiger partial charge in [-0.3, -0.25) is 14.5 Å². The van der Waals surface area contributed by atoms with E-state index in [9.17, 15) is 14.4 Å². The topological polar surface area (TPSA) is 78.5 Å². The minimum Gasteiger partial charge on any atom is -0.354 e. The van der Waals surface area contributed by atoms with Crippen molar-refractivity contribution in [2.75, 3.05) is 13.1 Å². The number of hydrogen-bond donors (Lipinski definition) is 2. The molecule has 3 rings (SSSR count). The summed E-state index contributed by atoms with van der Waals surface area (Å²) in [6, 6.07) is 11.1. The van der Waals surface area contributed by atoms with Crippen LogP contribution in [0, 0.1) is 0 Å². The van der Waals surface area contributed by atoms with E-state index < -0.39 is 17.5 Å². The Labute approximate surface area is 168 Å². The zero-order chi connectivity index (χ0) is 20.3. The van der Waals surface area contributed by atoms with Crippen LogP contribution in [-0.2, 0) is 21.5 Å². The highest BCUT2D eigenvalue weighted by Gasteiger charge is 2.49. The number of carbonyl (C=O) groups is 3. The molecule has 2 aromatic rings. The normalized spacial score (nSPS) is 19.2. The van der Waals surface area contributed by atoms with Gasteiger partial charge in [-0.1, -0.05) is 44.2 Å². The molecule has 2 heterocycles. The summed E-state index contributed by atoms with van der Waals surface area (Å²) >= 11 is 1.63. The molecule has 1 saturated heterocycles. The Balaban J connectivity index is 1.62. The van der Waals surface area contributed by atoms with Gasteiger partial charge in [0.05, 0.1) is 0 Å². The predicted octanol–water partition coefficient (Wildman–Crippen LogP) is 3.00. The van der Waals surface area contributed by atoms with E-state index >= 15 is 0 Å². The van der Waals surface area contributed by atoms with Crippen molar-refractivity contribution in [2.24, 2.45) is 0 Å². The molecule has 0 aliphatic carbocycles. The quantitative estimate of drug-likeness (QED) is 0.703. The summed E-state index contributed by atoms with van der Waals surface area (Å²) in [5.41, 5.74) is 0.700. The fourth-order valence-electron chi connectivity index (χ4n) is 3.22. The van der Waals surface area contributed by atoms with E-state index in [0.29, 0.717) is 18.0 Å². The molecule has 2 N–H and O–H groups in total. The van der Waals surface area contributed by atoms with Crippen molar-refractivity contribution in [3.05, 3.63) is 57.8 Å². The monoisotopic (exact) mass is 399 g/mol. The van der Waals surface area contributed by atoms with Crippen molar-refractivity contribution in [1.82, 2.24) is 15.5 Å². The first-order valence-corrected chi connectivity index (χ1v) is 10.2. The molecule has 148 valence electrons. The maximum Gasteiger partial charge on any atom is 0.325 e. The van der Waals surface area contributed by atoms with Crippen molar-refractivity contribution in [1.29, 1.82) is 0 Å². The molecule has 4 amide bonds. The van der Waals surface area contributed by atoms with Gasteiger partial charge in [-0.05, 0) is 41.8 Å². The number of imide groups is 1. The molecular weight excluding hydrogens is 374 g/mol. The first-order valence-electron chi connectivity index (χ1n) is 9.35. The number of urea groups is 1. The molecule has 1 aromatic heterocycles. The maximum atomic E-state index is 12.9. The molecule has 7 heteroatoms. The van der Waals surface area contributed by atoms with Crippen LogP contribution in [0.3, 0.4) is 0 Å². The number of hydrogen-bond acceptors (Lipinski definition) is 4. The minimum absolute atomic E-state index is 0.283. The second-order valence-corrected chi connectivity index (χ2v) is 8.43. The highest BCUT2D eigenvalue weighted by molar-refractivity contribution is 7.09. The third-order valence-corrected chi connectivity index (χ3v) is 5.94. The average Bonchev–Trinajstić information content (AvgIpc) is 3.25. The van der Waals surface area contributed by atoms with Crippen molar-refractivity contribution in [2.45, 2.75) is 38.6 Å². The van der Waals surface area contributed by atoms with Crippen molar-refractivity contribution >= 4 is 29.2 Å². The van der Waals surface area contributed by atoms with Gasteiger partial charge in [0.2, 0.25) is 5.91 Å². The van der Waals surface area contributed by atoms with Gasteiger partial charge in [0.15, 0.2) is 0 Å². The standard InChI is InChI=1S/C21H25N3O3S/c1-14(2)15-6-8-16(9-7-15)21(3)19(26)24(20(27)23-21)13-18(25)22-11-10-17-5-4-12-28-17/h4-9,12,14H,10-11,13H2,1-3H3,(H,22,25)(H,23,27)/t21-/m0/s1. The maximum absolute atomic E-state index is 12.9. The third-order valence-electron chi connectivity index (χ3n) is 5.01. The molecule has 0 radical (unpaired) electrons. The molecule has 1 aromatic carbocycles. The van der Waals surface area contributed by atoms with E-state index in [-0.39, 0.29) is 12.5 Å². The lowest BCUT2D eigenvalue weighted by Crippen LogP contribution is -2.43. The van der Waals surface area contributed by atoms with Gasteiger partial charge in [-0.2, -0.15) is 0 Å². The summed E-state index contributed by atoms with van der Waals surface area (Å²) in [5.74, 6) is -0.382. The second-order valence-electron chi connectivity index (χ2n) is 7.40. The number of benzene rings is 1. The van der Waals surface area contributed by atoms with E-state index in [2.05, 4.69) is 24.5 Å². The number of carbonyl (C=O) groups excluding carboxylic acids is 3. The molecule has 0 spiro atoms. The van der Waals surface area contributed by atoms with Crippen molar-refractivity contribution in [3.8, 4) is 0 Å². The van der Waals surface area contributed by atoms with Crippen LogP contribution < -0.4 is 10.6 Å². The molecule has 1 aliphatic heterocycles. The Morgan fingerprint density at radius 2 is 1.93 bits per heavy atom. The molecule has 0 unspecified atom stereocenters. The lowest BCUT2D eigenvalue weighted by Gasteiger charge is -2.22. The Hall–Kier alpha value is -2.67. The lowest BCUT2D eigenvalue weighted by molar-refractivity contribution is -0.134. The SMILES string of the molecule is CC(C)c1ccc([C@]2(C)NC(=O)N(CC(=O)NCCc3cccs3)C2=O)cc1. The van der Waals surface area contributed by atoms with Gasteiger partial charge in [-0.25, -0.2) is 4.79 Å². The van der Waals surface area contributed by atoms with Crippen LogP contribution >= 0.6 is 11.3 Å². The van der Waals surface area contributed by atoms with Crippen LogP contribution in [-0.4, -0.2) is 35.8 Å². The first-order chi connectivity index (χ1) is 13.3. The van der Waals surface area contributed by atoms with Crippen molar-refractivity contribution < 1.29 is 14.4 Å². The Morgan fingerprint density at radius 3 is 2.54 bits per heavy atom. The van der Waals surface area contributed by atoms with Gasteiger partial charge >= 0.3 is 6.03 Å². The molecule has 1 atom stereocenters. The number of amides is 4. The van der Waals surface area contributed by atoms with Gasteiger partial charge in [0, 0.05) is 11.4 Å². The van der Waals surface area contributed by atoms with Crippen LogP contribution in [0.25, 0.3) is 0 Å². The Kier molecular flexibility index (Phi) is 5.84. The molecule has 6 nitrogen and oxygen atoms in total. The summed E-state index contributed by atoms with van der Waals surface area (Å²) in [4.78, 5) is 39.6. The predicted molar refractivity (Wildman–Crippen MR) is 109 cm³/mol. The van der Waals surface area contributed by atoms with E-state index in [1.165, 1.54) is 4.88 Å². The summed E-state index contributed by atoms with van der Waals surface area (Å²) in [5, 5.41) is 7.49. The van der Waals surface area contributed by atoms with Crippen LogP contribution in [0.2, 0.25) is 0 Å². The van der Waals surface area contributed by atoms with Gasteiger partial charge in [-0.15, -0.1) is 11.3 Å². The Bertz CT molecular complexity index is 862. The molecule has 1 aliphatic rings. The number of nitrogens with zero attached hydrogens (tertiary/aromatic N) is 1. The van der Waals surface area contributed by atoms with E-state index in [1.807, 2.05) is 41.8 Å². The first kappa shape index (κ1) is 20.1. The average molecular weight is 400 g/mol. The summed E-state index contributed by atoms with van der Waals surface area (Å²) in [6.07, 6.45) is 0.726. The fourth-order valence-corrected chi connectivity index (χ4v) is 3.93. The van der Waals surface area contributed by atoms with Crippen LogP contribution in [0.5, 0.6) is 0 Å². The van der Waals surface area contributed by atoms with Crippen LogP contribution in [0.15, 0.2) is 41.8 Å². The number of nitrogens with one attached hydrogen (secondary N) is 2. The van der Waals surface area contributed by atoms with Crippen LogP contribution in [0.1, 0.15) is 42.7 Å². The van der Waals surface area contributed by atoms with Crippen molar-refractivity contribution in [3.63, 3.8) is 0 Å². The molecule has 0 bridgehead atoms. The highest BCUT2D eigenvalue weighted by atomic mass is 32.1. The highest BCUT2D eigenvalue weighted by Crippen LogP contribution is 2.29. The van der Waals surface area contributed by atoms with Gasteiger partial charge in [0.25, 0.3) is 5.91 Å². The smallest absolute Gasteiger partial charge is 0.325 e. The summed E-state index contributed by atoms with van der Waals surface area (Å²) in [6.45, 7) is 6.05. The third kappa shape index (κ3) is 4.09. The summed E-state index contributed by atoms with van der Waals surface area (Å²) in [7, 11) is 0. The molecular formula is C21H25N3O3S. The zero-order valence-corrected chi connectivity index (χ0v) is 17.1. The van der Waals surface area contributed by atoms with Crippen LogP contribution in [0.4, 0.5) is 4.79 Å². The van der Waals surface area contributed by atoms with Gasteiger partial charge < -0.3 is 10.6 Å². The lowest BCUT2D eigenvalue weighted by atomic mass is 9.90. The number of thiophene rings is 1. The molecule has 28 heavy (non-hydrogen) atoms. The molecule has 0 saturated carbocycles. The second kappa shape index (κ2) is 8.14. The largest absolute Gasteiger partial charge is 0.354 e. The molecule has 1 fully saturated rings. The van der Waals surface area contributed by atoms with E-state index in [1.54, 1.807) is 18.3 Å². The fraction of sp³-hybridized carbons (Fsp3) is 0.381. The van der Waals surface area contributed by atoms with E-state index in [4.69, 9.17) is 0 Å². The van der Waals surface area contributed by atoms with Gasteiger partial charge in [0.1, 0.15) is 12.1 Å². The van der Waals surface area contributed by atoms with E-state index in [0.717, 1.165) is 16.9 Å². The zero-order valence-electron chi connectivity index (χ0n) is 16.3. The minimum atomic E-state index is -1.16. The Morgan fingerprint density at radius 1 is 1.21 bits per heavy atom. The summed E-state index contributed by atoms with van der Waals surface area (Å²) < 4.78 is 0. The number of rotatable bonds is 7.